The summed E-state index contributed by atoms with van der Waals surface area (Å²) in [6.07, 6.45) is 3.01. The molecule has 4 nitrogen and oxygen atoms in total. The lowest BCUT2D eigenvalue weighted by atomic mass is 10.00. The Morgan fingerprint density at radius 2 is 2.07 bits per heavy atom. The molecule has 90 valence electrons. The third-order valence-electron chi connectivity index (χ3n) is 2.59. The average molecular weight is 216 g/mol. The summed E-state index contributed by atoms with van der Waals surface area (Å²) in [6, 6.07) is -0.159. The summed E-state index contributed by atoms with van der Waals surface area (Å²) in [4.78, 5) is 11.2. The lowest BCUT2D eigenvalue weighted by Crippen LogP contribution is -2.42. The van der Waals surface area contributed by atoms with Crippen molar-refractivity contribution in [2.24, 2.45) is 5.92 Å². The summed E-state index contributed by atoms with van der Waals surface area (Å²) in [5.41, 5.74) is 0. The van der Waals surface area contributed by atoms with Crippen molar-refractivity contribution in [3.05, 3.63) is 0 Å². The summed E-state index contributed by atoms with van der Waals surface area (Å²) >= 11 is 0. The first kappa shape index (κ1) is 14.4. The van der Waals surface area contributed by atoms with Crippen molar-refractivity contribution in [2.75, 3.05) is 20.2 Å². The van der Waals surface area contributed by atoms with Gasteiger partial charge in [0, 0.05) is 13.7 Å². The minimum atomic E-state index is -0.159. The van der Waals surface area contributed by atoms with Crippen LogP contribution < -0.4 is 10.6 Å². The number of rotatable bonds is 8. The van der Waals surface area contributed by atoms with E-state index in [1.807, 2.05) is 6.92 Å². The van der Waals surface area contributed by atoms with Crippen LogP contribution >= 0.6 is 0 Å². The Balaban J connectivity index is 3.81. The molecule has 0 aliphatic rings. The van der Waals surface area contributed by atoms with Gasteiger partial charge in [-0.25, -0.2) is 0 Å². The molecule has 2 atom stereocenters. The summed E-state index contributed by atoms with van der Waals surface area (Å²) in [5, 5.41) is 14.7. The van der Waals surface area contributed by atoms with Crippen molar-refractivity contribution in [3.63, 3.8) is 0 Å². The standard InChI is InChI=1S/C11H24N2O2/c1-4-5-10(6-7-14)8-13-9(2)11(15)12-3/h9-10,13-14H,4-8H2,1-3H3,(H,12,15). The number of likely N-dealkylation sites (N-methyl/N-ethyl adjacent to an activating group) is 1. The largest absolute Gasteiger partial charge is 0.396 e. The van der Waals surface area contributed by atoms with Crippen LogP contribution in [0, 0.1) is 5.92 Å². The van der Waals surface area contributed by atoms with Gasteiger partial charge in [-0.3, -0.25) is 4.79 Å². The second kappa shape index (κ2) is 8.68. The Labute approximate surface area is 92.4 Å². The van der Waals surface area contributed by atoms with E-state index < -0.39 is 0 Å². The fourth-order valence-corrected chi connectivity index (χ4v) is 1.59. The van der Waals surface area contributed by atoms with E-state index in [-0.39, 0.29) is 18.6 Å². The van der Waals surface area contributed by atoms with Gasteiger partial charge in [0.05, 0.1) is 6.04 Å². The number of carbonyl (C=O) groups is 1. The van der Waals surface area contributed by atoms with E-state index in [4.69, 9.17) is 5.11 Å². The maximum Gasteiger partial charge on any atom is 0.236 e. The van der Waals surface area contributed by atoms with E-state index in [1.54, 1.807) is 7.05 Å². The zero-order valence-electron chi connectivity index (χ0n) is 10.0. The van der Waals surface area contributed by atoms with Gasteiger partial charge >= 0.3 is 0 Å². The second-order valence-electron chi connectivity index (χ2n) is 3.91. The Hall–Kier alpha value is -0.610. The maximum atomic E-state index is 11.2. The molecule has 0 aliphatic heterocycles. The van der Waals surface area contributed by atoms with Crippen LogP contribution in [-0.4, -0.2) is 37.3 Å². The van der Waals surface area contributed by atoms with Crippen LogP contribution in [-0.2, 0) is 4.79 Å². The topological polar surface area (TPSA) is 61.4 Å². The fraction of sp³-hybridized carbons (Fsp3) is 0.909. The first-order valence-corrected chi connectivity index (χ1v) is 5.71. The van der Waals surface area contributed by atoms with Gasteiger partial charge < -0.3 is 15.7 Å². The fourth-order valence-electron chi connectivity index (χ4n) is 1.59. The van der Waals surface area contributed by atoms with Crippen LogP contribution in [0.4, 0.5) is 0 Å². The van der Waals surface area contributed by atoms with E-state index >= 15 is 0 Å². The van der Waals surface area contributed by atoms with Crippen LogP contribution in [0.15, 0.2) is 0 Å². The van der Waals surface area contributed by atoms with Gasteiger partial charge in [-0.15, -0.1) is 0 Å². The number of nitrogens with one attached hydrogen (secondary N) is 2. The van der Waals surface area contributed by atoms with Crippen molar-refractivity contribution in [3.8, 4) is 0 Å². The second-order valence-corrected chi connectivity index (χ2v) is 3.91. The van der Waals surface area contributed by atoms with Crippen LogP contribution in [0.25, 0.3) is 0 Å². The number of amides is 1. The molecule has 0 saturated heterocycles. The van der Waals surface area contributed by atoms with Gasteiger partial charge in [0.2, 0.25) is 5.91 Å². The van der Waals surface area contributed by atoms with Crippen molar-refractivity contribution in [1.29, 1.82) is 0 Å². The number of carbonyl (C=O) groups excluding carboxylic acids is 1. The normalized spacial score (nSPS) is 14.7. The Morgan fingerprint density at radius 1 is 1.40 bits per heavy atom. The quantitative estimate of drug-likeness (QED) is 0.554. The summed E-state index contributed by atoms with van der Waals surface area (Å²) in [6.45, 7) is 5.00. The van der Waals surface area contributed by atoms with Crippen molar-refractivity contribution >= 4 is 5.91 Å². The number of aliphatic hydroxyl groups is 1. The minimum Gasteiger partial charge on any atom is -0.396 e. The summed E-state index contributed by atoms with van der Waals surface area (Å²) in [5.74, 6) is 0.473. The molecular formula is C11H24N2O2. The number of hydrogen-bond acceptors (Lipinski definition) is 3. The van der Waals surface area contributed by atoms with Crippen LogP contribution in [0.2, 0.25) is 0 Å². The van der Waals surface area contributed by atoms with E-state index in [0.29, 0.717) is 5.92 Å². The molecule has 0 spiro atoms. The highest BCUT2D eigenvalue weighted by atomic mass is 16.3. The highest BCUT2D eigenvalue weighted by Gasteiger charge is 2.13. The molecule has 0 aromatic heterocycles. The lowest BCUT2D eigenvalue weighted by Gasteiger charge is -2.18. The Morgan fingerprint density at radius 3 is 2.53 bits per heavy atom. The van der Waals surface area contributed by atoms with E-state index in [2.05, 4.69) is 17.6 Å². The van der Waals surface area contributed by atoms with Gasteiger partial charge in [0.15, 0.2) is 0 Å². The van der Waals surface area contributed by atoms with Crippen molar-refractivity contribution in [1.82, 2.24) is 10.6 Å². The van der Waals surface area contributed by atoms with Crippen molar-refractivity contribution < 1.29 is 9.90 Å². The molecule has 1 amide bonds. The number of hydrogen-bond donors (Lipinski definition) is 3. The molecule has 0 aliphatic carbocycles. The molecule has 0 radical (unpaired) electrons. The Kier molecular flexibility index (Phi) is 8.33. The predicted molar refractivity (Wildman–Crippen MR) is 61.6 cm³/mol. The zero-order chi connectivity index (χ0) is 11.7. The van der Waals surface area contributed by atoms with Crippen LogP contribution in [0.5, 0.6) is 0 Å². The molecule has 0 aromatic rings. The third kappa shape index (κ3) is 6.47. The highest BCUT2D eigenvalue weighted by Crippen LogP contribution is 2.09. The SMILES string of the molecule is CCCC(CCO)CNC(C)C(=O)NC. The molecular weight excluding hydrogens is 192 g/mol. The molecule has 0 rings (SSSR count). The molecule has 0 bridgehead atoms. The third-order valence-corrected chi connectivity index (χ3v) is 2.59. The van der Waals surface area contributed by atoms with E-state index in [1.165, 1.54) is 0 Å². The molecule has 0 fully saturated rings. The molecule has 0 heterocycles. The molecule has 2 unspecified atom stereocenters. The van der Waals surface area contributed by atoms with Crippen LogP contribution in [0.3, 0.4) is 0 Å². The average Bonchev–Trinajstić information content (AvgIpc) is 2.25. The Bertz CT molecular complexity index is 168. The molecule has 15 heavy (non-hydrogen) atoms. The van der Waals surface area contributed by atoms with Gasteiger partial charge in [-0.2, -0.15) is 0 Å². The first-order valence-electron chi connectivity index (χ1n) is 5.71. The van der Waals surface area contributed by atoms with Crippen LogP contribution in [0.1, 0.15) is 33.1 Å². The number of aliphatic hydroxyl groups excluding tert-OH is 1. The van der Waals surface area contributed by atoms with E-state index in [9.17, 15) is 4.79 Å². The molecule has 4 heteroatoms. The van der Waals surface area contributed by atoms with Gasteiger partial charge in [-0.1, -0.05) is 13.3 Å². The van der Waals surface area contributed by atoms with Gasteiger partial charge in [0.25, 0.3) is 0 Å². The molecule has 0 aromatic carbocycles. The smallest absolute Gasteiger partial charge is 0.236 e. The molecule has 3 N–H and O–H groups in total. The molecule has 0 saturated carbocycles. The van der Waals surface area contributed by atoms with E-state index in [0.717, 1.165) is 25.8 Å². The summed E-state index contributed by atoms with van der Waals surface area (Å²) < 4.78 is 0. The summed E-state index contributed by atoms with van der Waals surface area (Å²) in [7, 11) is 1.64. The maximum absolute atomic E-state index is 11.2. The zero-order valence-corrected chi connectivity index (χ0v) is 10.0. The van der Waals surface area contributed by atoms with Gasteiger partial charge in [-0.05, 0) is 32.2 Å². The monoisotopic (exact) mass is 216 g/mol. The van der Waals surface area contributed by atoms with Gasteiger partial charge in [0.1, 0.15) is 0 Å². The predicted octanol–water partition coefficient (Wildman–Crippen LogP) is 0.509. The highest BCUT2D eigenvalue weighted by molar-refractivity contribution is 5.80. The first-order chi connectivity index (χ1) is 7.15. The van der Waals surface area contributed by atoms with Crippen molar-refractivity contribution in [2.45, 2.75) is 39.2 Å². The minimum absolute atomic E-state index is 0.00856. The lowest BCUT2D eigenvalue weighted by molar-refractivity contribution is -0.122.